The largest absolute Gasteiger partial charge is 0.343 e. The molecule has 0 spiro atoms. The number of ketones is 1. The Morgan fingerprint density at radius 2 is 1.81 bits per heavy atom. The molecule has 0 saturated carbocycles. The normalized spacial score (nSPS) is 17.7. The van der Waals surface area contributed by atoms with Crippen LogP contribution in [0.25, 0.3) is 0 Å². The van der Waals surface area contributed by atoms with Crippen molar-refractivity contribution >= 4 is 23.4 Å². The van der Waals surface area contributed by atoms with Gasteiger partial charge in [-0.25, -0.2) is 9.37 Å². The van der Waals surface area contributed by atoms with Gasteiger partial charge >= 0.3 is 0 Å². The van der Waals surface area contributed by atoms with E-state index in [9.17, 15) is 14.0 Å². The summed E-state index contributed by atoms with van der Waals surface area (Å²) in [4.78, 5) is 33.5. The molecule has 0 bridgehead atoms. The van der Waals surface area contributed by atoms with Crippen LogP contribution in [-0.2, 0) is 10.5 Å². The van der Waals surface area contributed by atoms with Gasteiger partial charge in [-0.15, -0.1) is 0 Å². The lowest BCUT2D eigenvalue weighted by Crippen LogP contribution is -2.32. The molecule has 5 rings (SSSR count). The van der Waals surface area contributed by atoms with Crippen molar-refractivity contribution in [1.29, 1.82) is 0 Å². The smallest absolute Gasteiger partial charge is 0.257 e. The van der Waals surface area contributed by atoms with Gasteiger partial charge in [-0.05, 0) is 36.1 Å². The fraction of sp³-hybridized carbons (Fsp3) is 0.208. The van der Waals surface area contributed by atoms with Crippen LogP contribution in [0.5, 0.6) is 0 Å². The number of benzene rings is 2. The van der Waals surface area contributed by atoms with Gasteiger partial charge in [-0.1, -0.05) is 54.2 Å². The molecular weight excluding hydrogens is 413 g/mol. The molecule has 5 nitrogen and oxygen atoms in total. The maximum Gasteiger partial charge on any atom is 0.257 e. The number of nitrogens with one attached hydrogen (secondary N) is 2. The number of Topliss-reactive ketones (excluding diaryl/α,β-unsaturated/α-hetero) is 1. The van der Waals surface area contributed by atoms with Gasteiger partial charge in [0.1, 0.15) is 11.6 Å². The maximum atomic E-state index is 13.5. The van der Waals surface area contributed by atoms with Crippen molar-refractivity contribution in [1.82, 2.24) is 9.97 Å². The summed E-state index contributed by atoms with van der Waals surface area (Å²) in [6.07, 6.45) is 1.93. The van der Waals surface area contributed by atoms with E-state index in [-0.39, 0.29) is 17.2 Å². The number of H-pyrrole nitrogens is 1. The highest BCUT2D eigenvalue weighted by molar-refractivity contribution is 7.98. The van der Waals surface area contributed by atoms with Gasteiger partial charge in [0.25, 0.3) is 5.56 Å². The lowest BCUT2D eigenvalue weighted by atomic mass is 9.76. The fourth-order valence-electron chi connectivity index (χ4n) is 4.22. The zero-order chi connectivity index (χ0) is 21.4. The molecule has 7 heteroatoms. The predicted molar refractivity (Wildman–Crippen MR) is 119 cm³/mol. The van der Waals surface area contributed by atoms with Gasteiger partial charge in [0, 0.05) is 29.4 Å². The molecule has 1 aromatic heterocycles. The van der Waals surface area contributed by atoms with E-state index in [1.54, 1.807) is 12.1 Å². The van der Waals surface area contributed by atoms with E-state index in [0.29, 0.717) is 39.8 Å². The van der Waals surface area contributed by atoms with E-state index in [1.807, 2.05) is 30.3 Å². The van der Waals surface area contributed by atoms with Crippen molar-refractivity contribution in [2.45, 2.75) is 36.1 Å². The van der Waals surface area contributed by atoms with Crippen LogP contribution in [0.3, 0.4) is 0 Å². The molecule has 0 unspecified atom stereocenters. The molecule has 2 aliphatic rings. The number of fused-ring (bicyclic) bond motifs is 1. The Morgan fingerprint density at radius 3 is 2.58 bits per heavy atom. The molecular formula is C24H20FN3O2S. The van der Waals surface area contributed by atoms with Crippen LogP contribution < -0.4 is 10.9 Å². The minimum absolute atomic E-state index is 0.0238. The fourth-order valence-corrected chi connectivity index (χ4v) is 5.04. The van der Waals surface area contributed by atoms with Crippen LogP contribution in [0.4, 0.5) is 10.2 Å². The van der Waals surface area contributed by atoms with Crippen molar-refractivity contribution < 1.29 is 9.18 Å². The van der Waals surface area contributed by atoms with Crippen molar-refractivity contribution in [2.75, 3.05) is 5.32 Å². The maximum absolute atomic E-state index is 13.5. The van der Waals surface area contributed by atoms with Crippen LogP contribution >= 0.6 is 11.8 Å². The Morgan fingerprint density at radius 1 is 1.03 bits per heavy atom. The molecule has 1 atom stereocenters. The molecule has 2 N–H and O–H groups in total. The molecule has 1 aliphatic heterocycles. The lowest BCUT2D eigenvalue weighted by Gasteiger charge is -2.32. The van der Waals surface area contributed by atoms with Crippen molar-refractivity contribution in [3.8, 4) is 0 Å². The summed E-state index contributed by atoms with van der Waals surface area (Å²) < 4.78 is 13.5. The second kappa shape index (κ2) is 8.15. The van der Waals surface area contributed by atoms with Gasteiger partial charge in [-0.2, -0.15) is 0 Å². The van der Waals surface area contributed by atoms with Gasteiger partial charge in [0.05, 0.1) is 5.56 Å². The van der Waals surface area contributed by atoms with E-state index >= 15 is 0 Å². The third-order valence-electron chi connectivity index (χ3n) is 5.66. The molecule has 1 aliphatic carbocycles. The molecule has 2 aromatic carbocycles. The molecule has 0 radical (unpaired) electrons. The SMILES string of the molecule is O=C1CCCC2=C1[C@@H](c1ccc(F)cc1)c1c(nc(SCc3ccccc3)[nH]c1=O)N2. The van der Waals surface area contributed by atoms with Crippen LogP contribution in [0.1, 0.15) is 41.9 Å². The van der Waals surface area contributed by atoms with E-state index in [1.165, 1.54) is 23.9 Å². The number of carbonyl (C=O) groups is 1. The number of aromatic amines is 1. The van der Waals surface area contributed by atoms with Crippen LogP contribution in [0, 0.1) is 5.82 Å². The molecule has 3 aromatic rings. The highest BCUT2D eigenvalue weighted by atomic mass is 32.2. The number of hydrogen-bond acceptors (Lipinski definition) is 5. The number of hydrogen-bond donors (Lipinski definition) is 2. The Balaban J connectivity index is 1.57. The first kappa shape index (κ1) is 19.8. The van der Waals surface area contributed by atoms with Crippen molar-refractivity contribution in [3.63, 3.8) is 0 Å². The first-order valence-electron chi connectivity index (χ1n) is 10.2. The van der Waals surface area contributed by atoms with Crippen LogP contribution in [0.15, 0.2) is 75.8 Å². The second-order valence-corrected chi connectivity index (χ2v) is 8.65. The number of allylic oxidation sites excluding steroid dienone is 2. The summed E-state index contributed by atoms with van der Waals surface area (Å²) in [6.45, 7) is 0. The first-order valence-corrected chi connectivity index (χ1v) is 11.2. The summed E-state index contributed by atoms with van der Waals surface area (Å²) in [7, 11) is 0. The lowest BCUT2D eigenvalue weighted by molar-refractivity contribution is -0.116. The highest BCUT2D eigenvalue weighted by Gasteiger charge is 2.37. The average Bonchev–Trinajstić information content (AvgIpc) is 2.78. The van der Waals surface area contributed by atoms with E-state index in [4.69, 9.17) is 0 Å². The summed E-state index contributed by atoms with van der Waals surface area (Å²) in [5.74, 6) is 0.264. The van der Waals surface area contributed by atoms with Gasteiger partial charge < -0.3 is 10.3 Å². The summed E-state index contributed by atoms with van der Waals surface area (Å²) in [5, 5.41) is 3.78. The number of anilines is 1. The predicted octanol–water partition coefficient (Wildman–Crippen LogP) is 4.77. The number of nitrogens with zero attached hydrogens (tertiary/aromatic N) is 1. The van der Waals surface area contributed by atoms with E-state index in [0.717, 1.165) is 24.1 Å². The Kier molecular flexibility index (Phi) is 5.19. The quantitative estimate of drug-likeness (QED) is 0.458. The minimum Gasteiger partial charge on any atom is -0.343 e. The Hall–Kier alpha value is -3.19. The van der Waals surface area contributed by atoms with Crippen LogP contribution in [-0.4, -0.2) is 15.8 Å². The van der Waals surface area contributed by atoms with E-state index in [2.05, 4.69) is 15.3 Å². The van der Waals surface area contributed by atoms with Crippen molar-refractivity contribution in [3.05, 3.63) is 98.7 Å². The third-order valence-corrected chi connectivity index (χ3v) is 6.60. The number of carbonyl (C=O) groups excluding carboxylic acids is 1. The Bertz CT molecular complexity index is 1240. The second-order valence-electron chi connectivity index (χ2n) is 7.69. The first-order chi connectivity index (χ1) is 15.1. The molecule has 0 saturated heterocycles. The van der Waals surface area contributed by atoms with Gasteiger partial charge in [-0.3, -0.25) is 9.59 Å². The van der Waals surface area contributed by atoms with Gasteiger partial charge in [0.15, 0.2) is 10.9 Å². The monoisotopic (exact) mass is 433 g/mol. The summed E-state index contributed by atoms with van der Waals surface area (Å²) >= 11 is 1.45. The molecule has 156 valence electrons. The third kappa shape index (κ3) is 3.81. The minimum atomic E-state index is -0.552. The molecule has 0 fully saturated rings. The number of thioether (sulfide) groups is 1. The number of rotatable bonds is 4. The number of aromatic nitrogens is 2. The zero-order valence-electron chi connectivity index (χ0n) is 16.7. The Labute approximate surface area is 182 Å². The van der Waals surface area contributed by atoms with E-state index < -0.39 is 5.92 Å². The van der Waals surface area contributed by atoms with Crippen molar-refractivity contribution in [2.24, 2.45) is 0 Å². The summed E-state index contributed by atoms with van der Waals surface area (Å²) in [5.41, 5.74) is 3.38. The molecule has 0 amide bonds. The zero-order valence-corrected chi connectivity index (χ0v) is 17.5. The average molecular weight is 434 g/mol. The molecule has 2 heterocycles. The van der Waals surface area contributed by atoms with Crippen LogP contribution in [0.2, 0.25) is 0 Å². The summed E-state index contributed by atoms with van der Waals surface area (Å²) in [6, 6.07) is 16.0. The van der Waals surface area contributed by atoms with Gasteiger partial charge in [0.2, 0.25) is 0 Å². The highest BCUT2D eigenvalue weighted by Crippen LogP contribution is 2.43. The number of halogens is 1. The molecule has 31 heavy (non-hydrogen) atoms. The standard InChI is InChI=1S/C24H20FN3O2S/c25-16-11-9-15(10-12-16)19-20-17(7-4-8-18(20)29)26-22-21(19)23(30)28-24(27-22)31-13-14-5-2-1-3-6-14/h1-3,5-6,9-12,19H,4,7-8,13H2,(H2,26,27,28,30)/t19-/m1/s1. The topological polar surface area (TPSA) is 74.8 Å².